The van der Waals surface area contributed by atoms with Gasteiger partial charge in [-0.1, -0.05) is 0 Å². The maximum Gasteiger partial charge on any atom is 0.185 e. The first kappa shape index (κ1) is 12.3. The van der Waals surface area contributed by atoms with Crippen molar-refractivity contribution in [3.05, 3.63) is 23.7 Å². The monoisotopic (exact) mass is 238 g/mol. The summed E-state index contributed by atoms with van der Waals surface area (Å²) < 4.78 is 16.7. The van der Waals surface area contributed by atoms with Crippen LogP contribution in [0.3, 0.4) is 0 Å². The average Bonchev–Trinajstić information content (AvgIpc) is 2.73. The average molecular weight is 238 g/mol. The van der Waals surface area contributed by atoms with E-state index in [2.05, 4.69) is 13.8 Å². The van der Waals surface area contributed by atoms with Gasteiger partial charge in [-0.05, 0) is 38.8 Å². The lowest BCUT2D eigenvalue weighted by Crippen LogP contribution is -2.33. The third kappa shape index (κ3) is 3.41. The Hall–Kier alpha value is -1.13. The lowest BCUT2D eigenvalue weighted by Gasteiger charge is -2.31. The van der Waals surface area contributed by atoms with Crippen molar-refractivity contribution in [3.8, 4) is 0 Å². The predicted octanol–water partition coefficient (Wildman–Crippen LogP) is 2.56. The molecule has 0 radical (unpaired) electrons. The Labute approximate surface area is 101 Å². The van der Waals surface area contributed by atoms with Gasteiger partial charge in [0.1, 0.15) is 12.4 Å². The van der Waals surface area contributed by atoms with E-state index in [0.29, 0.717) is 24.4 Å². The number of hydrogen-bond acceptors (Lipinski definition) is 4. The van der Waals surface area contributed by atoms with E-state index in [1.165, 1.54) is 0 Å². The Balaban J connectivity index is 1.83. The van der Waals surface area contributed by atoms with E-state index in [0.717, 1.165) is 12.8 Å². The van der Waals surface area contributed by atoms with Crippen molar-refractivity contribution in [3.63, 3.8) is 0 Å². The zero-order valence-electron chi connectivity index (χ0n) is 10.2. The van der Waals surface area contributed by atoms with E-state index < -0.39 is 0 Å². The van der Waals surface area contributed by atoms with Gasteiger partial charge in [0.25, 0.3) is 0 Å². The Morgan fingerprint density at radius 1 is 1.35 bits per heavy atom. The number of ether oxygens (including phenoxy) is 2. The van der Waals surface area contributed by atoms with E-state index in [4.69, 9.17) is 13.9 Å². The van der Waals surface area contributed by atoms with Crippen LogP contribution in [0.15, 0.2) is 16.5 Å². The van der Waals surface area contributed by atoms with Crippen LogP contribution in [-0.4, -0.2) is 24.6 Å². The van der Waals surface area contributed by atoms with Gasteiger partial charge in [0.2, 0.25) is 0 Å². The lowest BCUT2D eigenvalue weighted by molar-refractivity contribution is -0.108. The summed E-state index contributed by atoms with van der Waals surface area (Å²) in [6.07, 6.45) is 3.20. The molecule has 1 fully saturated rings. The fraction of sp³-hybridized carbons (Fsp3) is 0.615. The molecule has 4 nitrogen and oxygen atoms in total. The fourth-order valence-electron chi connectivity index (χ4n) is 2.22. The molecule has 0 saturated carbocycles. The lowest BCUT2D eigenvalue weighted by atomic mass is 10.0. The van der Waals surface area contributed by atoms with Crippen LogP contribution >= 0.6 is 0 Å². The van der Waals surface area contributed by atoms with E-state index >= 15 is 0 Å². The Bertz CT molecular complexity index is 361. The normalized spacial score (nSPS) is 29.2. The van der Waals surface area contributed by atoms with E-state index in [1.54, 1.807) is 12.1 Å². The number of rotatable bonds is 4. The number of aldehydes is 1. The highest BCUT2D eigenvalue weighted by atomic mass is 16.5. The molecule has 0 bridgehead atoms. The quantitative estimate of drug-likeness (QED) is 0.756. The number of carbonyl (C=O) groups excluding carboxylic acids is 1. The fourth-order valence-corrected chi connectivity index (χ4v) is 2.22. The SMILES string of the molecule is CC1CC(OCc2ccc(C=O)o2)CC(C)O1. The summed E-state index contributed by atoms with van der Waals surface area (Å²) in [5.41, 5.74) is 0. The van der Waals surface area contributed by atoms with Crippen molar-refractivity contribution < 1.29 is 18.7 Å². The molecule has 1 aromatic rings. The summed E-state index contributed by atoms with van der Waals surface area (Å²) in [5, 5.41) is 0. The number of furan rings is 1. The highest BCUT2D eigenvalue weighted by molar-refractivity contribution is 5.70. The van der Waals surface area contributed by atoms with Crippen LogP contribution in [0.1, 0.15) is 43.0 Å². The molecule has 1 aliphatic heterocycles. The van der Waals surface area contributed by atoms with Crippen molar-refractivity contribution in [1.82, 2.24) is 0 Å². The van der Waals surface area contributed by atoms with E-state index in [9.17, 15) is 4.79 Å². The summed E-state index contributed by atoms with van der Waals surface area (Å²) in [4.78, 5) is 10.5. The van der Waals surface area contributed by atoms with Crippen LogP contribution in [0.25, 0.3) is 0 Å². The van der Waals surface area contributed by atoms with Crippen LogP contribution in [0.2, 0.25) is 0 Å². The summed E-state index contributed by atoms with van der Waals surface area (Å²) in [5.74, 6) is 1.04. The van der Waals surface area contributed by atoms with E-state index in [-0.39, 0.29) is 18.3 Å². The molecule has 2 atom stereocenters. The maximum absolute atomic E-state index is 10.5. The molecule has 1 aliphatic rings. The third-order valence-electron chi connectivity index (χ3n) is 2.91. The van der Waals surface area contributed by atoms with Gasteiger partial charge in [-0.2, -0.15) is 0 Å². The van der Waals surface area contributed by atoms with E-state index in [1.807, 2.05) is 0 Å². The minimum absolute atomic E-state index is 0.207. The van der Waals surface area contributed by atoms with Gasteiger partial charge < -0.3 is 13.9 Å². The zero-order valence-corrected chi connectivity index (χ0v) is 10.2. The Kier molecular flexibility index (Phi) is 3.97. The second kappa shape index (κ2) is 5.47. The second-order valence-corrected chi connectivity index (χ2v) is 4.58. The molecule has 17 heavy (non-hydrogen) atoms. The molecule has 0 N–H and O–H groups in total. The standard InChI is InChI=1S/C13H18O4/c1-9-5-13(6-10(2)16-9)15-8-12-4-3-11(7-14)17-12/h3-4,7,9-10,13H,5-6,8H2,1-2H3. The Morgan fingerprint density at radius 2 is 2.06 bits per heavy atom. The number of carbonyl (C=O) groups is 1. The highest BCUT2D eigenvalue weighted by Gasteiger charge is 2.25. The van der Waals surface area contributed by atoms with Crippen LogP contribution in [0, 0.1) is 0 Å². The van der Waals surface area contributed by atoms with Crippen molar-refractivity contribution in [2.45, 2.75) is 51.6 Å². The topological polar surface area (TPSA) is 48.7 Å². The summed E-state index contributed by atoms with van der Waals surface area (Å²) in [7, 11) is 0. The first-order valence-corrected chi connectivity index (χ1v) is 5.98. The molecular weight excluding hydrogens is 220 g/mol. The van der Waals surface area contributed by atoms with Gasteiger partial charge in [0, 0.05) is 0 Å². The van der Waals surface area contributed by atoms with Gasteiger partial charge in [0.15, 0.2) is 12.0 Å². The van der Waals surface area contributed by atoms with Gasteiger partial charge in [-0.15, -0.1) is 0 Å². The molecule has 0 aromatic carbocycles. The Morgan fingerprint density at radius 3 is 2.65 bits per heavy atom. The third-order valence-corrected chi connectivity index (χ3v) is 2.91. The summed E-state index contributed by atoms with van der Waals surface area (Å²) in [6.45, 7) is 4.53. The predicted molar refractivity (Wildman–Crippen MR) is 61.9 cm³/mol. The minimum Gasteiger partial charge on any atom is -0.456 e. The van der Waals surface area contributed by atoms with Crippen molar-refractivity contribution >= 4 is 6.29 Å². The first-order valence-electron chi connectivity index (χ1n) is 5.98. The highest BCUT2D eigenvalue weighted by Crippen LogP contribution is 2.22. The molecule has 0 amide bonds. The van der Waals surface area contributed by atoms with Crippen molar-refractivity contribution in [1.29, 1.82) is 0 Å². The molecule has 94 valence electrons. The van der Waals surface area contributed by atoms with Gasteiger partial charge in [-0.3, -0.25) is 4.79 Å². The summed E-state index contributed by atoms with van der Waals surface area (Å²) >= 11 is 0. The van der Waals surface area contributed by atoms with Gasteiger partial charge in [-0.25, -0.2) is 0 Å². The van der Waals surface area contributed by atoms with Gasteiger partial charge in [0.05, 0.1) is 18.3 Å². The van der Waals surface area contributed by atoms with Crippen LogP contribution < -0.4 is 0 Å². The van der Waals surface area contributed by atoms with Crippen LogP contribution in [-0.2, 0) is 16.1 Å². The molecule has 1 aromatic heterocycles. The molecular formula is C13H18O4. The largest absolute Gasteiger partial charge is 0.456 e. The molecule has 2 heterocycles. The van der Waals surface area contributed by atoms with Crippen LogP contribution in [0.4, 0.5) is 0 Å². The molecule has 0 aliphatic carbocycles. The van der Waals surface area contributed by atoms with Crippen LogP contribution in [0.5, 0.6) is 0 Å². The minimum atomic E-state index is 0.207. The second-order valence-electron chi connectivity index (χ2n) is 4.58. The molecule has 1 saturated heterocycles. The van der Waals surface area contributed by atoms with Gasteiger partial charge >= 0.3 is 0 Å². The number of hydrogen-bond donors (Lipinski definition) is 0. The molecule has 2 unspecified atom stereocenters. The van der Waals surface area contributed by atoms with Crippen molar-refractivity contribution in [2.75, 3.05) is 0 Å². The molecule has 4 heteroatoms. The zero-order chi connectivity index (χ0) is 12.3. The van der Waals surface area contributed by atoms with Crippen molar-refractivity contribution in [2.24, 2.45) is 0 Å². The molecule has 2 rings (SSSR count). The summed E-state index contributed by atoms with van der Waals surface area (Å²) in [6, 6.07) is 3.43. The first-order chi connectivity index (χ1) is 8.17. The smallest absolute Gasteiger partial charge is 0.185 e. The molecule has 0 spiro atoms. The maximum atomic E-state index is 10.5.